The first kappa shape index (κ1) is 41.7. The zero-order chi connectivity index (χ0) is 31.3. The van der Waals surface area contributed by atoms with E-state index in [9.17, 15) is 9.59 Å². The lowest BCUT2D eigenvalue weighted by atomic mass is 10.1. The molecule has 0 radical (unpaired) electrons. The van der Waals surface area contributed by atoms with Gasteiger partial charge in [0.1, 0.15) is 13.2 Å². The Hall–Kier alpha value is -1.34. The largest absolute Gasteiger partial charge is 0.463 e. The lowest BCUT2D eigenvalue weighted by Gasteiger charge is -2.09. The lowest BCUT2D eigenvalue weighted by Crippen LogP contribution is -2.15. The van der Waals surface area contributed by atoms with Crippen molar-refractivity contribution in [2.45, 2.75) is 90.9 Å². The predicted octanol–water partition coefficient (Wildman–Crippen LogP) is 4.91. The normalized spacial score (nSPS) is 11.2. The Morgan fingerprint density at radius 1 is 0.326 bits per heavy atom. The molecule has 0 aromatic rings. The van der Waals surface area contributed by atoms with Gasteiger partial charge in [-0.3, -0.25) is 9.59 Å². The summed E-state index contributed by atoms with van der Waals surface area (Å²) in [6.45, 7) is 11.4. The summed E-state index contributed by atoms with van der Waals surface area (Å²) in [5.41, 5.74) is 0. The van der Waals surface area contributed by atoms with Gasteiger partial charge in [-0.05, 0) is 12.8 Å². The summed E-state index contributed by atoms with van der Waals surface area (Å²) in [6, 6.07) is 0. The highest BCUT2D eigenvalue weighted by atomic mass is 16.6. The van der Waals surface area contributed by atoms with E-state index in [0.29, 0.717) is 105 Å². The first-order chi connectivity index (χ1) is 21.2. The van der Waals surface area contributed by atoms with Gasteiger partial charge in [0.05, 0.1) is 92.5 Å². The van der Waals surface area contributed by atoms with Crippen molar-refractivity contribution in [1.29, 1.82) is 0 Å². The number of esters is 2. The standard InChI is InChI=1S/C32H62O11/c1-3-5-7-8-9-10-12-14-32(34)43-30-28-41-26-24-39-22-20-37-18-16-35-15-17-36-19-21-38-23-25-40-27-29-42-31(33)13-11-6-4-2/h3-30H2,1-2H3. The van der Waals surface area contributed by atoms with E-state index in [2.05, 4.69) is 13.8 Å². The molecule has 0 aliphatic carbocycles. The van der Waals surface area contributed by atoms with Gasteiger partial charge >= 0.3 is 11.9 Å². The molecule has 0 aromatic heterocycles. The monoisotopic (exact) mass is 622 g/mol. The highest BCUT2D eigenvalue weighted by Crippen LogP contribution is 2.08. The number of hydrogen-bond acceptors (Lipinski definition) is 11. The number of unbranched alkanes of at least 4 members (excludes halogenated alkanes) is 8. The van der Waals surface area contributed by atoms with E-state index in [0.717, 1.165) is 32.1 Å². The smallest absolute Gasteiger partial charge is 0.305 e. The van der Waals surface area contributed by atoms with Crippen LogP contribution in [0.3, 0.4) is 0 Å². The van der Waals surface area contributed by atoms with Crippen LogP contribution in [0.25, 0.3) is 0 Å². The fourth-order valence-corrected chi connectivity index (χ4v) is 3.74. The van der Waals surface area contributed by atoms with Gasteiger partial charge in [-0.15, -0.1) is 0 Å². The van der Waals surface area contributed by atoms with Crippen molar-refractivity contribution in [1.82, 2.24) is 0 Å². The molecule has 0 spiro atoms. The summed E-state index contributed by atoms with van der Waals surface area (Å²) < 4.78 is 48.3. The number of carbonyl (C=O) groups is 2. The molecule has 0 N–H and O–H groups in total. The minimum atomic E-state index is -0.160. The van der Waals surface area contributed by atoms with E-state index in [1.807, 2.05) is 0 Å². The number of hydrogen-bond donors (Lipinski definition) is 0. The summed E-state index contributed by atoms with van der Waals surface area (Å²) >= 11 is 0. The molecule has 11 nitrogen and oxygen atoms in total. The van der Waals surface area contributed by atoms with E-state index in [4.69, 9.17) is 42.6 Å². The van der Waals surface area contributed by atoms with Gasteiger partial charge in [0, 0.05) is 12.8 Å². The molecule has 0 bridgehead atoms. The molecule has 256 valence electrons. The summed E-state index contributed by atoms with van der Waals surface area (Å²) in [7, 11) is 0. The molecule has 0 saturated heterocycles. The van der Waals surface area contributed by atoms with Crippen molar-refractivity contribution in [3.05, 3.63) is 0 Å². The minimum absolute atomic E-state index is 0.142. The summed E-state index contributed by atoms with van der Waals surface area (Å²) in [5.74, 6) is -0.302. The lowest BCUT2D eigenvalue weighted by molar-refractivity contribution is -0.146. The molecule has 0 fully saturated rings. The third-order valence-electron chi connectivity index (χ3n) is 6.18. The average Bonchev–Trinajstić information content (AvgIpc) is 3.00. The van der Waals surface area contributed by atoms with Crippen LogP contribution < -0.4 is 0 Å². The Bertz CT molecular complexity index is 578. The van der Waals surface area contributed by atoms with Gasteiger partial charge in [0.25, 0.3) is 0 Å². The van der Waals surface area contributed by atoms with Crippen LogP contribution in [-0.2, 0) is 52.2 Å². The van der Waals surface area contributed by atoms with Crippen LogP contribution in [0.4, 0.5) is 0 Å². The number of carbonyl (C=O) groups excluding carboxylic acids is 2. The summed E-state index contributed by atoms with van der Waals surface area (Å²) in [4.78, 5) is 23.1. The average molecular weight is 623 g/mol. The molecule has 0 aromatic carbocycles. The molecular weight excluding hydrogens is 560 g/mol. The van der Waals surface area contributed by atoms with Crippen molar-refractivity contribution in [2.24, 2.45) is 0 Å². The van der Waals surface area contributed by atoms with E-state index in [1.165, 1.54) is 32.1 Å². The van der Waals surface area contributed by atoms with Gasteiger partial charge in [0.15, 0.2) is 0 Å². The van der Waals surface area contributed by atoms with E-state index in [-0.39, 0.29) is 25.2 Å². The van der Waals surface area contributed by atoms with Crippen LogP contribution in [-0.4, -0.2) is 118 Å². The Balaban J connectivity index is 3.14. The topological polar surface area (TPSA) is 117 Å². The first-order valence-corrected chi connectivity index (χ1v) is 16.6. The molecule has 0 heterocycles. The Morgan fingerprint density at radius 2 is 0.558 bits per heavy atom. The quantitative estimate of drug-likeness (QED) is 0.0701. The van der Waals surface area contributed by atoms with Crippen molar-refractivity contribution in [2.75, 3.05) is 106 Å². The van der Waals surface area contributed by atoms with Crippen LogP contribution in [0.2, 0.25) is 0 Å². The molecule has 11 heteroatoms. The van der Waals surface area contributed by atoms with Crippen molar-refractivity contribution in [3.63, 3.8) is 0 Å². The maximum Gasteiger partial charge on any atom is 0.305 e. The highest BCUT2D eigenvalue weighted by Gasteiger charge is 2.03. The third-order valence-corrected chi connectivity index (χ3v) is 6.18. The fraction of sp³-hybridized carbons (Fsp3) is 0.938. The van der Waals surface area contributed by atoms with Crippen LogP contribution >= 0.6 is 0 Å². The van der Waals surface area contributed by atoms with Gasteiger partial charge in [0.2, 0.25) is 0 Å². The fourth-order valence-electron chi connectivity index (χ4n) is 3.74. The third kappa shape index (κ3) is 36.8. The van der Waals surface area contributed by atoms with Gasteiger partial charge in [-0.2, -0.15) is 0 Å². The molecule has 43 heavy (non-hydrogen) atoms. The second-order valence-corrected chi connectivity index (χ2v) is 10.1. The van der Waals surface area contributed by atoms with Crippen molar-refractivity contribution >= 4 is 11.9 Å². The second kappa shape index (κ2) is 36.8. The summed E-state index contributed by atoms with van der Waals surface area (Å²) in [5, 5.41) is 0. The maximum atomic E-state index is 11.7. The SMILES string of the molecule is CCCCCCCCCC(=O)OCCOCCOCCOCCOCCOCCOCCOCCOC(=O)CCCCC. The van der Waals surface area contributed by atoms with E-state index in [1.54, 1.807) is 0 Å². The molecule has 0 aliphatic heterocycles. The highest BCUT2D eigenvalue weighted by molar-refractivity contribution is 5.69. The first-order valence-electron chi connectivity index (χ1n) is 16.6. The molecule has 0 aliphatic rings. The molecule has 0 rings (SSSR count). The number of ether oxygens (including phenoxy) is 9. The van der Waals surface area contributed by atoms with Crippen LogP contribution in [0.1, 0.15) is 90.9 Å². The van der Waals surface area contributed by atoms with Crippen LogP contribution in [0, 0.1) is 0 Å². The second-order valence-electron chi connectivity index (χ2n) is 10.1. The zero-order valence-corrected chi connectivity index (χ0v) is 27.3. The van der Waals surface area contributed by atoms with E-state index >= 15 is 0 Å². The van der Waals surface area contributed by atoms with Gasteiger partial charge < -0.3 is 42.6 Å². The van der Waals surface area contributed by atoms with Crippen molar-refractivity contribution in [3.8, 4) is 0 Å². The minimum Gasteiger partial charge on any atom is -0.463 e. The summed E-state index contributed by atoms with van der Waals surface area (Å²) in [6.07, 6.45) is 12.3. The van der Waals surface area contributed by atoms with E-state index < -0.39 is 0 Å². The zero-order valence-electron chi connectivity index (χ0n) is 27.3. The molecular formula is C32H62O11. The molecule has 0 unspecified atom stereocenters. The Kier molecular flexibility index (Phi) is 35.7. The Labute approximate surface area is 260 Å². The maximum absolute atomic E-state index is 11.7. The number of rotatable bonds is 36. The van der Waals surface area contributed by atoms with Gasteiger partial charge in [-0.1, -0.05) is 65.2 Å². The Morgan fingerprint density at radius 3 is 0.884 bits per heavy atom. The van der Waals surface area contributed by atoms with Gasteiger partial charge in [-0.25, -0.2) is 0 Å². The molecule has 0 atom stereocenters. The van der Waals surface area contributed by atoms with Crippen molar-refractivity contribution < 1.29 is 52.2 Å². The van der Waals surface area contributed by atoms with Crippen LogP contribution in [0.5, 0.6) is 0 Å². The molecule has 0 amide bonds. The molecule has 0 saturated carbocycles. The van der Waals surface area contributed by atoms with Crippen LogP contribution in [0.15, 0.2) is 0 Å². The predicted molar refractivity (Wildman–Crippen MR) is 164 cm³/mol.